The Labute approximate surface area is 122 Å². The number of piperidine rings is 2. The van der Waals surface area contributed by atoms with Crippen molar-refractivity contribution in [1.82, 2.24) is 10.3 Å². The number of hydrogen-bond acceptors (Lipinski definition) is 3. The van der Waals surface area contributed by atoms with Crippen molar-refractivity contribution in [1.29, 1.82) is 0 Å². The molecular formula is C14H20IN3. The molecule has 0 saturated carbocycles. The lowest BCUT2D eigenvalue weighted by molar-refractivity contribution is 0.155. The van der Waals surface area contributed by atoms with Crippen LogP contribution in [-0.2, 0) is 0 Å². The normalized spacial score (nSPS) is 23.3. The number of halogens is 1. The van der Waals surface area contributed by atoms with Crippen LogP contribution >= 0.6 is 22.6 Å². The summed E-state index contributed by atoms with van der Waals surface area (Å²) in [6, 6.07) is 2.15. The van der Waals surface area contributed by atoms with Gasteiger partial charge in [-0.3, -0.25) is 4.98 Å². The first-order chi connectivity index (χ1) is 8.79. The summed E-state index contributed by atoms with van der Waals surface area (Å²) in [7, 11) is 0. The van der Waals surface area contributed by atoms with Crippen LogP contribution in [0, 0.1) is 8.99 Å². The minimum Gasteiger partial charge on any atom is -0.371 e. The lowest BCUT2D eigenvalue weighted by Crippen LogP contribution is -2.45. The zero-order valence-electron chi connectivity index (χ0n) is 10.7. The van der Waals surface area contributed by atoms with Crippen molar-refractivity contribution in [2.75, 3.05) is 31.1 Å². The molecule has 0 radical (unpaired) electrons. The monoisotopic (exact) mass is 357 g/mol. The Balaban J connectivity index is 1.68. The molecule has 3 nitrogen and oxygen atoms in total. The van der Waals surface area contributed by atoms with E-state index in [4.69, 9.17) is 0 Å². The molecule has 3 rings (SSSR count). The highest BCUT2D eigenvalue weighted by Gasteiger charge is 2.35. The van der Waals surface area contributed by atoms with Gasteiger partial charge < -0.3 is 10.2 Å². The van der Waals surface area contributed by atoms with Crippen molar-refractivity contribution in [3.63, 3.8) is 0 Å². The molecule has 3 heterocycles. The number of pyridine rings is 1. The van der Waals surface area contributed by atoms with E-state index in [-0.39, 0.29) is 0 Å². The molecule has 98 valence electrons. The Kier molecular flexibility index (Phi) is 3.75. The molecule has 2 aliphatic heterocycles. The number of anilines is 1. The van der Waals surface area contributed by atoms with E-state index in [2.05, 4.69) is 43.9 Å². The number of aromatic nitrogens is 1. The first kappa shape index (κ1) is 12.7. The molecule has 2 saturated heterocycles. The van der Waals surface area contributed by atoms with E-state index in [1.165, 1.54) is 61.1 Å². The first-order valence-electron chi connectivity index (χ1n) is 6.84. The molecule has 0 amide bonds. The van der Waals surface area contributed by atoms with Crippen molar-refractivity contribution in [3.05, 3.63) is 22.0 Å². The fraction of sp³-hybridized carbons (Fsp3) is 0.643. The lowest BCUT2D eigenvalue weighted by Gasteiger charge is -2.45. The summed E-state index contributed by atoms with van der Waals surface area (Å²) in [6.07, 6.45) is 9.32. The predicted molar refractivity (Wildman–Crippen MR) is 82.9 cm³/mol. The molecule has 0 bridgehead atoms. The standard InChI is InChI=1S/C14H20IN3/c15-12-11-17-6-1-13(12)18-9-4-14(5-10-18)2-7-16-8-3-14/h1,6,11,16H,2-5,7-10H2. The van der Waals surface area contributed by atoms with Gasteiger partial charge in [-0.15, -0.1) is 0 Å². The molecule has 0 aromatic carbocycles. The third kappa shape index (κ3) is 2.50. The Morgan fingerprint density at radius 1 is 1.17 bits per heavy atom. The van der Waals surface area contributed by atoms with E-state index >= 15 is 0 Å². The van der Waals surface area contributed by atoms with Crippen LogP contribution in [-0.4, -0.2) is 31.2 Å². The molecule has 0 atom stereocenters. The van der Waals surface area contributed by atoms with Gasteiger partial charge in [0.15, 0.2) is 0 Å². The summed E-state index contributed by atoms with van der Waals surface area (Å²) >= 11 is 2.39. The molecule has 1 spiro atoms. The molecule has 2 fully saturated rings. The number of hydrogen-bond donors (Lipinski definition) is 1. The largest absolute Gasteiger partial charge is 0.371 e. The maximum Gasteiger partial charge on any atom is 0.0547 e. The van der Waals surface area contributed by atoms with E-state index in [1.807, 2.05) is 12.4 Å². The Morgan fingerprint density at radius 3 is 2.56 bits per heavy atom. The summed E-state index contributed by atoms with van der Waals surface area (Å²) in [5, 5.41) is 3.49. The molecule has 1 N–H and O–H groups in total. The highest BCUT2D eigenvalue weighted by atomic mass is 127. The molecule has 1 aromatic heterocycles. The van der Waals surface area contributed by atoms with Crippen molar-refractivity contribution < 1.29 is 0 Å². The fourth-order valence-electron chi connectivity index (χ4n) is 3.30. The number of rotatable bonds is 1. The van der Waals surface area contributed by atoms with Gasteiger partial charge in [-0.25, -0.2) is 0 Å². The van der Waals surface area contributed by atoms with Gasteiger partial charge in [-0.2, -0.15) is 0 Å². The minimum absolute atomic E-state index is 0.639. The van der Waals surface area contributed by atoms with E-state index < -0.39 is 0 Å². The third-order valence-corrected chi connectivity index (χ3v) is 5.41. The highest BCUT2D eigenvalue weighted by Crippen LogP contribution is 2.40. The minimum atomic E-state index is 0.639. The van der Waals surface area contributed by atoms with Crippen LogP contribution in [0.1, 0.15) is 25.7 Å². The van der Waals surface area contributed by atoms with Crippen LogP contribution in [0.25, 0.3) is 0 Å². The second-order valence-corrected chi connectivity index (χ2v) is 6.73. The summed E-state index contributed by atoms with van der Waals surface area (Å²) in [6.45, 7) is 4.85. The van der Waals surface area contributed by atoms with Crippen molar-refractivity contribution in [2.45, 2.75) is 25.7 Å². The Bertz CT molecular complexity index is 405. The maximum atomic E-state index is 4.18. The van der Waals surface area contributed by atoms with E-state index in [0.717, 1.165) is 0 Å². The van der Waals surface area contributed by atoms with Crippen LogP contribution in [0.3, 0.4) is 0 Å². The van der Waals surface area contributed by atoms with Crippen LogP contribution in [0.2, 0.25) is 0 Å². The van der Waals surface area contributed by atoms with Crippen molar-refractivity contribution in [2.24, 2.45) is 5.41 Å². The van der Waals surface area contributed by atoms with Gasteiger partial charge in [0, 0.05) is 25.5 Å². The van der Waals surface area contributed by atoms with Gasteiger partial charge in [0.25, 0.3) is 0 Å². The van der Waals surface area contributed by atoms with Gasteiger partial charge in [0.05, 0.1) is 9.26 Å². The maximum absolute atomic E-state index is 4.18. The number of nitrogens with one attached hydrogen (secondary N) is 1. The van der Waals surface area contributed by atoms with Crippen LogP contribution < -0.4 is 10.2 Å². The zero-order chi connectivity index (χ0) is 12.4. The lowest BCUT2D eigenvalue weighted by atomic mass is 9.71. The van der Waals surface area contributed by atoms with E-state index in [1.54, 1.807) is 0 Å². The molecule has 4 heteroatoms. The average Bonchev–Trinajstić information content (AvgIpc) is 2.42. The number of nitrogens with zero attached hydrogens (tertiary/aromatic N) is 2. The Hall–Kier alpha value is -0.360. The smallest absolute Gasteiger partial charge is 0.0547 e. The van der Waals surface area contributed by atoms with Gasteiger partial charge in [0.2, 0.25) is 0 Å². The highest BCUT2D eigenvalue weighted by molar-refractivity contribution is 14.1. The molecule has 0 aliphatic carbocycles. The molecule has 1 aromatic rings. The topological polar surface area (TPSA) is 28.2 Å². The summed E-state index contributed by atoms with van der Waals surface area (Å²) in [5.41, 5.74) is 2.01. The molecule has 18 heavy (non-hydrogen) atoms. The van der Waals surface area contributed by atoms with Crippen LogP contribution in [0.15, 0.2) is 18.5 Å². The molecule has 0 unspecified atom stereocenters. The van der Waals surface area contributed by atoms with Gasteiger partial charge in [0.1, 0.15) is 0 Å². The van der Waals surface area contributed by atoms with Gasteiger partial charge in [-0.05, 0) is 72.8 Å². The zero-order valence-corrected chi connectivity index (χ0v) is 12.8. The summed E-state index contributed by atoms with van der Waals surface area (Å²) in [4.78, 5) is 6.72. The Morgan fingerprint density at radius 2 is 1.89 bits per heavy atom. The second kappa shape index (κ2) is 5.33. The SMILES string of the molecule is Ic1cnccc1N1CCC2(CCNCC2)CC1. The van der Waals surface area contributed by atoms with Crippen molar-refractivity contribution >= 4 is 28.3 Å². The van der Waals surface area contributed by atoms with Crippen LogP contribution in [0.4, 0.5) is 5.69 Å². The van der Waals surface area contributed by atoms with Gasteiger partial charge in [-0.1, -0.05) is 0 Å². The second-order valence-electron chi connectivity index (χ2n) is 5.56. The summed E-state index contributed by atoms with van der Waals surface area (Å²) in [5.74, 6) is 0. The quantitative estimate of drug-likeness (QED) is 0.784. The molecular weight excluding hydrogens is 337 g/mol. The van der Waals surface area contributed by atoms with E-state index in [0.29, 0.717) is 5.41 Å². The van der Waals surface area contributed by atoms with E-state index in [9.17, 15) is 0 Å². The van der Waals surface area contributed by atoms with Crippen molar-refractivity contribution in [3.8, 4) is 0 Å². The predicted octanol–water partition coefficient (Wildman–Crippen LogP) is 2.66. The fourth-order valence-corrected chi connectivity index (χ4v) is 3.99. The molecule has 2 aliphatic rings. The first-order valence-corrected chi connectivity index (χ1v) is 7.92. The average molecular weight is 357 g/mol. The summed E-state index contributed by atoms with van der Waals surface area (Å²) < 4.78 is 1.27. The third-order valence-electron chi connectivity index (χ3n) is 4.58. The van der Waals surface area contributed by atoms with Crippen LogP contribution in [0.5, 0.6) is 0 Å². The van der Waals surface area contributed by atoms with Gasteiger partial charge >= 0.3 is 0 Å².